The zero-order valence-corrected chi connectivity index (χ0v) is 16.4. The van der Waals surface area contributed by atoms with Gasteiger partial charge in [-0.3, -0.25) is 4.57 Å². The number of methoxy groups -OCH3 is 2. The maximum Gasteiger partial charge on any atom is 0.207 e. The summed E-state index contributed by atoms with van der Waals surface area (Å²) in [5.41, 5.74) is 6.60. The lowest BCUT2D eigenvalue weighted by Crippen LogP contribution is -2.27. The monoisotopic (exact) mass is 417 g/mol. The Kier molecular flexibility index (Phi) is 5.18. The van der Waals surface area contributed by atoms with E-state index in [1.807, 2.05) is 6.07 Å². The highest BCUT2D eigenvalue weighted by atomic mass is 32.2. The van der Waals surface area contributed by atoms with Crippen molar-refractivity contribution in [2.24, 2.45) is 0 Å². The number of aliphatic hydroxyl groups is 2. The average molecular weight is 417 g/mol. The van der Waals surface area contributed by atoms with Crippen LogP contribution in [0.1, 0.15) is 6.23 Å². The number of nitrogen functional groups attached to an aromatic ring is 1. The Hall–Kier alpha value is -3.02. The largest absolute Gasteiger partial charge is 0.493 e. The summed E-state index contributed by atoms with van der Waals surface area (Å²) < 4.78 is 17.8. The van der Waals surface area contributed by atoms with Gasteiger partial charge in [-0.1, -0.05) is 11.8 Å². The molecule has 152 valence electrons. The van der Waals surface area contributed by atoms with Crippen molar-refractivity contribution in [2.75, 3.05) is 20.0 Å². The standard InChI is InChI=1S/C18H19N5O5S/c1-26-10-4-3-9(5-11(10)27-2)29-6-12-14(24)15(25)18(28-12)23-8-22-13-16(19)20-7-21-17(13)23/h3-8,14-15,18,24-25H,1-2H3,(H2,19,20,21)/b12-6+/t14-,15-,18?/m1/s1. The van der Waals surface area contributed by atoms with Crippen LogP contribution in [0.5, 0.6) is 11.5 Å². The molecule has 0 aliphatic carbocycles. The molecule has 3 aromatic rings. The van der Waals surface area contributed by atoms with Crippen LogP contribution in [0.3, 0.4) is 0 Å². The van der Waals surface area contributed by atoms with Crippen LogP contribution >= 0.6 is 11.8 Å². The Morgan fingerprint density at radius 1 is 1.17 bits per heavy atom. The summed E-state index contributed by atoms with van der Waals surface area (Å²) in [6, 6.07) is 5.44. The van der Waals surface area contributed by atoms with Crippen LogP contribution in [0.25, 0.3) is 11.2 Å². The third kappa shape index (κ3) is 3.43. The quantitative estimate of drug-likeness (QED) is 0.521. The number of aromatic nitrogens is 4. The van der Waals surface area contributed by atoms with Gasteiger partial charge < -0.3 is 30.2 Å². The van der Waals surface area contributed by atoms with Crippen molar-refractivity contribution in [1.82, 2.24) is 19.5 Å². The molecule has 1 saturated heterocycles. The van der Waals surface area contributed by atoms with E-state index >= 15 is 0 Å². The molecular formula is C18H19N5O5S. The lowest BCUT2D eigenvalue weighted by Gasteiger charge is -2.15. The molecule has 3 atom stereocenters. The zero-order valence-electron chi connectivity index (χ0n) is 15.6. The van der Waals surface area contributed by atoms with Gasteiger partial charge in [0.15, 0.2) is 23.0 Å². The van der Waals surface area contributed by atoms with Crippen molar-refractivity contribution in [3.05, 3.63) is 42.0 Å². The van der Waals surface area contributed by atoms with Crippen LogP contribution in [0.4, 0.5) is 5.82 Å². The average Bonchev–Trinajstić information content (AvgIpc) is 3.29. The molecule has 4 rings (SSSR count). The predicted octanol–water partition coefficient (Wildman–Crippen LogP) is 1.31. The fraction of sp³-hybridized carbons (Fsp3) is 0.278. The Labute approximate surface area is 169 Å². The molecule has 0 saturated carbocycles. The molecule has 11 heteroatoms. The number of imidazole rings is 1. The Bertz CT molecular complexity index is 1070. The summed E-state index contributed by atoms with van der Waals surface area (Å²) in [5, 5.41) is 22.5. The van der Waals surface area contributed by atoms with E-state index in [0.717, 1.165) is 4.90 Å². The highest BCUT2D eigenvalue weighted by Crippen LogP contribution is 2.37. The summed E-state index contributed by atoms with van der Waals surface area (Å²) in [6.45, 7) is 0. The molecule has 0 bridgehead atoms. The second-order valence-corrected chi connectivity index (χ2v) is 7.12. The Balaban J connectivity index is 1.58. The van der Waals surface area contributed by atoms with E-state index in [1.54, 1.807) is 31.8 Å². The van der Waals surface area contributed by atoms with Crippen molar-refractivity contribution in [2.45, 2.75) is 23.3 Å². The molecular weight excluding hydrogens is 398 g/mol. The Morgan fingerprint density at radius 3 is 2.72 bits per heavy atom. The zero-order chi connectivity index (χ0) is 20.5. The van der Waals surface area contributed by atoms with Gasteiger partial charge in [-0.25, -0.2) is 15.0 Å². The molecule has 1 fully saturated rings. The second kappa shape index (κ2) is 7.78. The number of nitrogens with zero attached hydrogens (tertiary/aromatic N) is 4. The number of fused-ring (bicyclic) bond motifs is 1. The van der Waals surface area contributed by atoms with Crippen molar-refractivity contribution in [3.8, 4) is 11.5 Å². The molecule has 0 radical (unpaired) electrons. The number of hydrogen-bond donors (Lipinski definition) is 3. The van der Waals surface area contributed by atoms with E-state index in [9.17, 15) is 10.2 Å². The SMILES string of the molecule is COc1ccc(S/C=C2/OC(n3cnc4c(N)ncnc43)[C@H](O)[C@@H]2O)cc1OC. The normalized spacial score (nSPS) is 22.8. The molecule has 1 aliphatic rings. The van der Waals surface area contributed by atoms with Gasteiger partial charge in [-0.15, -0.1) is 0 Å². The minimum absolute atomic E-state index is 0.224. The molecule has 0 amide bonds. The number of thioether (sulfide) groups is 1. The first-order valence-corrected chi connectivity index (χ1v) is 9.46. The topological polar surface area (TPSA) is 138 Å². The lowest BCUT2D eigenvalue weighted by molar-refractivity contribution is -0.0118. The fourth-order valence-electron chi connectivity index (χ4n) is 2.99. The number of ether oxygens (including phenoxy) is 3. The summed E-state index contributed by atoms with van der Waals surface area (Å²) in [6.07, 6.45) is -0.565. The first kappa shape index (κ1) is 19.3. The molecule has 1 aliphatic heterocycles. The first-order chi connectivity index (χ1) is 14.0. The van der Waals surface area contributed by atoms with E-state index in [-0.39, 0.29) is 11.6 Å². The minimum Gasteiger partial charge on any atom is -0.493 e. The van der Waals surface area contributed by atoms with Crippen molar-refractivity contribution < 1.29 is 24.4 Å². The number of anilines is 1. The lowest BCUT2D eigenvalue weighted by atomic mass is 10.2. The van der Waals surface area contributed by atoms with E-state index in [4.69, 9.17) is 19.9 Å². The maximum atomic E-state index is 10.5. The van der Waals surface area contributed by atoms with Gasteiger partial charge in [-0.05, 0) is 18.2 Å². The highest BCUT2D eigenvalue weighted by molar-refractivity contribution is 8.02. The third-order valence-electron chi connectivity index (χ3n) is 4.49. The number of rotatable bonds is 5. The van der Waals surface area contributed by atoms with Gasteiger partial charge in [0.1, 0.15) is 36.1 Å². The molecule has 2 aromatic heterocycles. The predicted molar refractivity (Wildman–Crippen MR) is 105 cm³/mol. The van der Waals surface area contributed by atoms with Gasteiger partial charge in [0.25, 0.3) is 0 Å². The van der Waals surface area contributed by atoms with Crippen LogP contribution in [-0.4, -0.2) is 56.2 Å². The molecule has 4 N–H and O–H groups in total. The van der Waals surface area contributed by atoms with E-state index in [1.165, 1.54) is 29.0 Å². The number of nitrogens with two attached hydrogens (primary N) is 1. The summed E-state index contributed by atoms with van der Waals surface area (Å²) in [4.78, 5) is 13.0. The van der Waals surface area contributed by atoms with Crippen LogP contribution in [0.2, 0.25) is 0 Å². The smallest absolute Gasteiger partial charge is 0.207 e. The van der Waals surface area contributed by atoms with Crippen molar-refractivity contribution in [3.63, 3.8) is 0 Å². The van der Waals surface area contributed by atoms with Crippen molar-refractivity contribution >= 4 is 28.7 Å². The van der Waals surface area contributed by atoms with Crippen LogP contribution in [0, 0.1) is 0 Å². The second-order valence-electron chi connectivity index (χ2n) is 6.18. The molecule has 10 nitrogen and oxygen atoms in total. The van der Waals surface area contributed by atoms with Gasteiger partial charge in [0.2, 0.25) is 6.23 Å². The highest BCUT2D eigenvalue weighted by Gasteiger charge is 2.41. The summed E-state index contributed by atoms with van der Waals surface area (Å²) in [5.74, 6) is 1.65. The van der Waals surface area contributed by atoms with E-state index in [2.05, 4.69) is 15.0 Å². The van der Waals surface area contributed by atoms with E-state index in [0.29, 0.717) is 22.7 Å². The summed E-state index contributed by atoms with van der Waals surface area (Å²) in [7, 11) is 3.12. The van der Waals surface area contributed by atoms with Crippen LogP contribution in [0.15, 0.2) is 46.9 Å². The third-order valence-corrected chi connectivity index (χ3v) is 5.37. The summed E-state index contributed by atoms with van der Waals surface area (Å²) >= 11 is 1.31. The fourth-order valence-corrected chi connectivity index (χ4v) is 3.76. The molecule has 29 heavy (non-hydrogen) atoms. The number of benzene rings is 1. The molecule has 3 heterocycles. The molecule has 1 aromatic carbocycles. The number of hydrogen-bond acceptors (Lipinski definition) is 10. The minimum atomic E-state index is -1.21. The maximum absolute atomic E-state index is 10.5. The van der Waals surface area contributed by atoms with Gasteiger partial charge in [0.05, 0.1) is 14.2 Å². The van der Waals surface area contributed by atoms with E-state index < -0.39 is 18.4 Å². The Morgan fingerprint density at radius 2 is 1.97 bits per heavy atom. The van der Waals surface area contributed by atoms with Gasteiger partial charge >= 0.3 is 0 Å². The van der Waals surface area contributed by atoms with Crippen molar-refractivity contribution in [1.29, 1.82) is 0 Å². The van der Waals surface area contributed by atoms with Crippen LogP contribution in [-0.2, 0) is 4.74 Å². The molecule has 0 spiro atoms. The first-order valence-electron chi connectivity index (χ1n) is 8.58. The number of aliphatic hydroxyl groups excluding tert-OH is 2. The van der Waals surface area contributed by atoms with Gasteiger partial charge in [-0.2, -0.15) is 0 Å². The molecule has 1 unspecified atom stereocenters. The van der Waals surface area contributed by atoms with Crippen LogP contribution < -0.4 is 15.2 Å². The van der Waals surface area contributed by atoms with Gasteiger partial charge in [0, 0.05) is 10.3 Å².